The molecule has 148 valence electrons. The number of aryl methyl sites for hydroxylation is 2. The van der Waals surface area contributed by atoms with Crippen LogP contribution in [0.1, 0.15) is 23.1 Å². The van der Waals surface area contributed by atoms with Crippen LogP contribution in [-0.4, -0.2) is 33.4 Å². The predicted octanol–water partition coefficient (Wildman–Crippen LogP) is 4.58. The maximum Gasteiger partial charge on any atom is 0.422 e. The number of carboxylic acids is 1. The summed E-state index contributed by atoms with van der Waals surface area (Å²) in [7, 11) is 1.38. The highest BCUT2D eigenvalue weighted by atomic mass is 19.4. The van der Waals surface area contributed by atoms with Crippen molar-refractivity contribution in [3.05, 3.63) is 47.5 Å². The van der Waals surface area contributed by atoms with Crippen molar-refractivity contribution in [2.75, 3.05) is 6.61 Å². The van der Waals surface area contributed by atoms with Crippen LogP contribution in [0.2, 0.25) is 0 Å². The second-order valence-electron chi connectivity index (χ2n) is 6.13. The minimum atomic E-state index is -4.65. The zero-order valence-corrected chi connectivity index (χ0v) is 15.0. The van der Waals surface area contributed by atoms with Crippen LogP contribution in [0.4, 0.5) is 17.6 Å². The van der Waals surface area contributed by atoms with E-state index in [1.54, 1.807) is 13.0 Å². The number of aromatic nitrogens is 2. The first-order valence-electron chi connectivity index (χ1n) is 8.34. The quantitative estimate of drug-likeness (QED) is 0.641. The molecule has 2 heterocycles. The lowest BCUT2D eigenvalue weighted by atomic mass is 10.0. The van der Waals surface area contributed by atoms with Crippen molar-refractivity contribution in [1.82, 2.24) is 9.55 Å². The van der Waals surface area contributed by atoms with Crippen LogP contribution in [0, 0.1) is 5.82 Å². The molecule has 0 aliphatic carbocycles. The van der Waals surface area contributed by atoms with E-state index in [2.05, 4.69) is 4.98 Å². The summed E-state index contributed by atoms with van der Waals surface area (Å²) in [5, 5.41) is 9.53. The van der Waals surface area contributed by atoms with Gasteiger partial charge in [-0.2, -0.15) is 13.2 Å². The van der Waals surface area contributed by atoms with Crippen molar-refractivity contribution in [2.45, 2.75) is 19.5 Å². The molecular formula is C19H16F4N2O3. The third-order valence-electron chi connectivity index (χ3n) is 4.28. The number of ether oxygens (including phenoxy) is 1. The van der Waals surface area contributed by atoms with Crippen molar-refractivity contribution >= 4 is 17.0 Å². The smallest absolute Gasteiger partial charge is 0.422 e. The van der Waals surface area contributed by atoms with Gasteiger partial charge in [-0.3, -0.25) is 0 Å². The van der Waals surface area contributed by atoms with Gasteiger partial charge in [0.05, 0.1) is 11.1 Å². The van der Waals surface area contributed by atoms with Gasteiger partial charge in [-0.05, 0) is 18.6 Å². The first-order valence-corrected chi connectivity index (χ1v) is 8.34. The maximum atomic E-state index is 14.3. The summed E-state index contributed by atoms with van der Waals surface area (Å²) in [5.74, 6) is -2.43. The van der Waals surface area contributed by atoms with Gasteiger partial charge in [0.2, 0.25) is 0 Å². The molecule has 9 heteroatoms. The molecule has 0 bridgehead atoms. The van der Waals surface area contributed by atoms with E-state index in [4.69, 9.17) is 4.74 Å². The van der Waals surface area contributed by atoms with Crippen LogP contribution in [-0.2, 0) is 13.5 Å². The van der Waals surface area contributed by atoms with Crippen molar-refractivity contribution in [3.63, 3.8) is 0 Å². The molecule has 1 aromatic carbocycles. The van der Waals surface area contributed by atoms with Gasteiger partial charge in [0.15, 0.2) is 18.1 Å². The summed E-state index contributed by atoms with van der Waals surface area (Å²) in [6.45, 7) is 0.136. The zero-order valence-electron chi connectivity index (χ0n) is 15.0. The first-order chi connectivity index (χ1) is 13.1. The highest BCUT2D eigenvalue weighted by Gasteiger charge is 2.32. The fraction of sp³-hybridized carbons (Fsp3) is 0.263. The molecule has 0 aliphatic rings. The van der Waals surface area contributed by atoms with Crippen molar-refractivity contribution in [3.8, 4) is 16.9 Å². The molecule has 0 atom stereocenters. The second-order valence-corrected chi connectivity index (χ2v) is 6.13. The standard InChI is InChI=1S/C19H16F4N2O3/c1-3-14-11(10-6-4-5-7-13(10)20)8-12-16(28-9-19(21,22)23)15(18(26)27)25(2)17(12)24-14/h4-8H,3,9H2,1-2H3,(H,26,27). The number of aromatic carboxylic acids is 1. The number of hydrogen-bond donors (Lipinski definition) is 1. The Balaban J connectivity index is 2.31. The van der Waals surface area contributed by atoms with E-state index >= 15 is 0 Å². The topological polar surface area (TPSA) is 64.3 Å². The number of alkyl halides is 3. The monoisotopic (exact) mass is 396 g/mol. The predicted molar refractivity (Wildman–Crippen MR) is 94.0 cm³/mol. The highest BCUT2D eigenvalue weighted by Crippen LogP contribution is 2.37. The van der Waals surface area contributed by atoms with Gasteiger partial charge in [0.1, 0.15) is 11.5 Å². The number of carboxylic acid groups (broad SMARTS) is 1. The van der Waals surface area contributed by atoms with Crippen LogP contribution in [0.25, 0.3) is 22.2 Å². The number of pyridine rings is 1. The van der Waals surface area contributed by atoms with Crippen LogP contribution < -0.4 is 4.74 Å². The Morgan fingerprint density at radius 3 is 2.50 bits per heavy atom. The number of halogens is 4. The molecule has 0 radical (unpaired) electrons. The first kappa shape index (κ1) is 19.7. The lowest BCUT2D eigenvalue weighted by molar-refractivity contribution is -0.153. The lowest BCUT2D eigenvalue weighted by Crippen LogP contribution is -2.20. The second kappa shape index (κ2) is 7.14. The number of benzene rings is 1. The van der Waals surface area contributed by atoms with E-state index in [9.17, 15) is 27.5 Å². The van der Waals surface area contributed by atoms with Gasteiger partial charge < -0.3 is 14.4 Å². The van der Waals surface area contributed by atoms with Crippen molar-refractivity contribution < 1.29 is 32.2 Å². The van der Waals surface area contributed by atoms with E-state index in [-0.39, 0.29) is 16.6 Å². The van der Waals surface area contributed by atoms with Gasteiger partial charge in [-0.25, -0.2) is 14.2 Å². The molecule has 3 aromatic rings. The maximum absolute atomic E-state index is 14.3. The molecule has 0 spiro atoms. The molecule has 0 saturated heterocycles. The van der Waals surface area contributed by atoms with E-state index in [1.807, 2.05) is 0 Å². The van der Waals surface area contributed by atoms with Gasteiger partial charge in [-0.15, -0.1) is 0 Å². The van der Waals surface area contributed by atoms with E-state index in [0.717, 1.165) is 4.57 Å². The summed E-state index contributed by atoms with van der Waals surface area (Å²) in [6, 6.07) is 7.34. The molecule has 0 fully saturated rings. The normalized spacial score (nSPS) is 11.8. The van der Waals surface area contributed by atoms with E-state index in [0.29, 0.717) is 17.7 Å². The van der Waals surface area contributed by atoms with Crippen molar-refractivity contribution in [2.24, 2.45) is 7.05 Å². The summed E-state index contributed by atoms with van der Waals surface area (Å²) >= 11 is 0. The Bertz CT molecular complexity index is 1060. The molecule has 0 amide bonds. The molecule has 0 aliphatic heterocycles. The fourth-order valence-electron chi connectivity index (χ4n) is 3.07. The zero-order chi connectivity index (χ0) is 20.6. The largest absolute Gasteiger partial charge is 0.481 e. The van der Waals surface area contributed by atoms with Crippen LogP contribution >= 0.6 is 0 Å². The Kier molecular flexibility index (Phi) is 5.01. The molecule has 1 N–H and O–H groups in total. The van der Waals surface area contributed by atoms with Gasteiger partial charge in [0.25, 0.3) is 0 Å². The number of carbonyl (C=O) groups is 1. The molecule has 3 rings (SSSR count). The Morgan fingerprint density at radius 1 is 1.25 bits per heavy atom. The third kappa shape index (κ3) is 3.51. The highest BCUT2D eigenvalue weighted by molar-refractivity contribution is 6.01. The molecule has 5 nitrogen and oxygen atoms in total. The van der Waals surface area contributed by atoms with Gasteiger partial charge >= 0.3 is 12.1 Å². The average molecular weight is 396 g/mol. The van der Waals surface area contributed by atoms with E-state index < -0.39 is 36.0 Å². The third-order valence-corrected chi connectivity index (χ3v) is 4.28. The molecule has 2 aromatic heterocycles. The fourth-order valence-corrected chi connectivity index (χ4v) is 3.07. The summed E-state index contributed by atoms with van der Waals surface area (Å²) in [4.78, 5) is 16.0. The molecule has 0 saturated carbocycles. The lowest BCUT2D eigenvalue weighted by Gasteiger charge is -2.11. The van der Waals surface area contributed by atoms with E-state index in [1.165, 1.54) is 31.3 Å². The summed E-state index contributed by atoms with van der Waals surface area (Å²) in [5.41, 5.74) is 0.757. The van der Waals surface area contributed by atoms with Gasteiger partial charge in [0, 0.05) is 18.2 Å². The summed E-state index contributed by atoms with van der Waals surface area (Å²) < 4.78 is 58.3. The Labute approximate surface area is 157 Å². The van der Waals surface area contributed by atoms with Crippen molar-refractivity contribution in [1.29, 1.82) is 0 Å². The Morgan fingerprint density at radius 2 is 1.93 bits per heavy atom. The minimum Gasteiger partial charge on any atom is -0.481 e. The number of fused-ring (bicyclic) bond motifs is 1. The summed E-state index contributed by atoms with van der Waals surface area (Å²) in [6.07, 6.45) is -4.24. The number of hydrogen-bond acceptors (Lipinski definition) is 3. The van der Waals surface area contributed by atoms with Crippen LogP contribution in [0.3, 0.4) is 0 Å². The SMILES string of the molecule is CCc1nc2c(cc1-c1ccccc1F)c(OCC(F)(F)F)c(C(=O)O)n2C. The number of rotatable bonds is 5. The molecule has 28 heavy (non-hydrogen) atoms. The van der Waals surface area contributed by atoms with Gasteiger partial charge in [-0.1, -0.05) is 25.1 Å². The molecular weight excluding hydrogens is 380 g/mol. The minimum absolute atomic E-state index is 0.0691. The molecule has 0 unspecified atom stereocenters. The van der Waals surface area contributed by atoms with Crippen LogP contribution in [0.5, 0.6) is 5.75 Å². The van der Waals surface area contributed by atoms with Crippen LogP contribution in [0.15, 0.2) is 30.3 Å². The number of nitrogens with zero attached hydrogens (tertiary/aromatic N) is 2. The Hall–Kier alpha value is -3.10. The average Bonchev–Trinajstić information content (AvgIpc) is 2.90.